The lowest BCUT2D eigenvalue weighted by molar-refractivity contribution is -0.139. The van der Waals surface area contributed by atoms with Crippen molar-refractivity contribution >= 4 is 35.2 Å². The Morgan fingerprint density at radius 3 is 2.73 bits per heavy atom. The van der Waals surface area contributed by atoms with Crippen molar-refractivity contribution in [2.45, 2.75) is 26.3 Å². The second-order valence-corrected chi connectivity index (χ2v) is 5.72. The second-order valence-electron chi connectivity index (χ2n) is 4.87. The van der Waals surface area contributed by atoms with Crippen LogP contribution in [0.2, 0.25) is 10.0 Å². The zero-order valence-electron chi connectivity index (χ0n) is 12.2. The fraction of sp³-hybridized carbons (Fsp3) is 0.333. The average Bonchev–Trinajstić information content (AvgIpc) is 2.44. The third kappa shape index (κ3) is 3.54. The lowest BCUT2D eigenvalue weighted by Gasteiger charge is -2.28. The van der Waals surface area contributed by atoms with Crippen LogP contribution in [0.4, 0.5) is 4.79 Å². The topological polar surface area (TPSA) is 67.4 Å². The zero-order valence-corrected chi connectivity index (χ0v) is 13.7. The van der Waals surface area contributed by atoms with Crippen molar-refractivity contribution < 1.29 is 14.3 Å². The smallest absolute Gasteiger partial charge is 0.338 e. The summed E-state index contributed by atoms with van der Waals surface area (Å²) in [7, 11) is 0. The number of benzene rings is 1. The molecule has 0 saturated carbocycles. The number of nitrogens with one attached hydrogen (secondary N) is 2. The third-order valence-corrected chi connectivity index (χ3v) is 3.76. The molecular weight excluding hydrogens is 327 g/mol. The van der Waals surface area contributed by atoms with Crippen LogP contribution in [-0.4, -0.2) is 18.6 Å². The molecule has 7 heteroatoms. The second kappa shape index (κ2) is 7.03. The standard InChI is InChI=1S/C15H16Cl2N2O3/c1-3-6-22-14(20)12-8(2)18-15(21)19-13(12)10-5-4-9(16)7-11(10)17/h4-5,7,13H,3,6H2,1-2H3,(H2,18,19,21). The molecule has 0 fully saturated rings. The van der Waals surface area contributed by atoms with Crippen LogP contribution in [-0.2, 0) is 9.53 Å². The first kappa shape index (κ1) is 16.6. The van der Waals surface area contributed by atoms with Crippen molar-refractivity contribution in [1.82, 2.24) is 10.6 Å². The van der Waals surface area contributed by atoms with Gasteiger partial charge in [0, 0.05) is 15.7 Å². The molecule has 1 aliphatic heterocycles. The minimum absolute atomic E-state index is 0.310. The molecule has 22 heavy (non-hydrogen) atoms. The average molecular weight is 343 g/mol. The van der Waals surface area contributed by atoms with Gasteiger partial charge < -0.3 is 15.4 Å². The van der Waals surface area contributed by atoms with Gasteiger partial charge in [0.15, 0.2) is 0 Å². The first-order chi connectivity index (χ1) is 10.4. The Hall–Kier alpha value is -1.72. The normalized spacial score (nSPS) is 17.8. The van der Waals surface area contributed by atoms with E-state index < -0.39 is 18.0 Å². The maximum absolute atomic E-state index is 12.3. The molecule has 1 aromatic carbocycles. The SMILES string of the molecule is CCCOC(=O)C1=C(C)NC(=O)NC1c1ccc(Cl)cc1Cl. The maximum atomic E-state index is 12.3. The predicted octanol–water partition coefficient (Wildman–Crippen LogP) is 3.57. The maximum Gasteiger partial charge on any atom is 0.338 e. The number of halogens is 2. The van der Waals surface area contributed by atoms with Crippen molar-refractivity contribution in [2.24, 2.45) is 0 Å². The number of amides is 2. The first-order valence-electron chi connectivity index (χ1n) is 6.84. The van der Waals surface area contributed by atoms with Crippen LogP contribution >= 0.6 is 23.2 Å². The Kier molecular flexibility index (Phi) is 5.32. The molecule has 0 bridgehead atoms. The number of ether oxygens (including phenoxy) is 1. The Bertz CT molecular complexity index is 644. The van der Waals surface area contributed by atoms with Gasteiger partial charge in [0.2, 0.25) is 0 Å². The molecular formula is C15H16Cl2N2O3. The van der Waals surface area contributed by atoms with Gasteiger partial charge in [0.1, 0.15) is 0 Å². The monoisotopic (exact) mass is 342 g/mol. The summed E-state index contributed by atoms with van der Waals surface area (Å²) in [6.45, 7) is 3.87. The van der Waals surface area contributed by atoms with Gasteiger partial charge >= 0.3 is 12.0 Å². The van der Waals surface area contributed by atoms with Crippen LogP contribution in [0.5, 0.6) is 0 Å². The Morgan fingerprint density at radius 1 is 1.36 bits per heavy atom. The van der Waals surface area contributed by atoms with Crippen LogP contribution < -0.4 is 10.6 Å². The summed E-state index contributed by atoms with van der Waals surface area (Å²) in [5, 5.41) is 6.12. The van der Waals surface area contributed by atoms with E-state index in [2.05, 4.69) is 10.6 Å². The number of carbonyl (C=O) groups excluding carboxylic acids is 2. The minimum Gasteiger partial charge on any atom is -0.462 e. The number of carbonyl (C=O) groups is 2. The van der Waals surface area contributed by atoms with E-state index in [1.54, 1.807) is 25.1 Å². The van der Waals surface area contributed by atoms with Crippen LogP contribution in [0.3, 0.4) is 0 Å². The van der Waals surface area contributed by atoms with E-state index in [0.29, 0.717) is 39.9 Å². The highest BCUT2D eigenvalue weighted by molar-refractivity contribution is 6.35. The van der Waals surface area contributed by atoms with Gasteiger partial charge in [0.05, 0.1) is 18.2 Å². The molecule has 0 radical (unpaired) electrons. The summed E-state index contributed by atoms with van der Waals surface area (Å²) in [5.74, 6) is -0.483. The minimum atomic E-state index is -0.678. The lowest BCUT2D eigenvalue weighted by Crippen LogP contribution is -2.45. The molecule has 2 amide bonds. The van der Waals surface area contributed by atoms with E-state index in [-0.39, 0.29) is 0 Å². The summed E-state index contributed by atoms with van der Waals surface area (Å²) in [4.78, 5) is 24.0. The third-order valence-electron chi connectivity index (χ3n) is 3.20. The van der Waals surface area contributed by atoms with Crippen molar-refractivity contribution in [2.75, 3.05) is 6.61 Å². The van der Waals surface area contributed by atoms with Crippen molar-refractivity contribution in [3.05, 3.63) is 45.1 Å². The molecule has 1 atom stereocenters. The number of hydrogen-bond acceptors (Lipinski definition) is 3. The summed E-state index contributed by atoms with van der Waals surface area (Å²) >= 11 is 12.1. The van der Waals surface area contributed by atoms with Gasteiger partial charge in [-0.15, -0.1) is 0 Å². The van der Waals surface area contributed by atoms with Crippen LogP contribution in [0, 0.1) is 0 Å². The van der Waals surface area contributed by atoms with Crippen LogP contribution in [0.15, 0.2) is 29.5 Å². The quantitative estimate of drug-likeness (QED) is 0.822. The molecule has 1 aliphatic rings. The summed E-state index contributed by atoms with van der Waals surface area (Å²) in [6, 6.07) is 3.82. The molecule has 0 spiro atoms. The number of rotatable bonds is 4. The van der Waals surface area contributed by atoms with E-state index in [1.165, 1.54) is 0 Å². The van der Waals surface area contributed by atoms with Gasteiger partial charge in [-0.05, 0) is 31.0 Å². The number of hydrogen-bond donors (Lipinski definition) is 2. The van der Waals surface area contributed by atoms with Crippen molar-refractivity contribution in [3.8, 4) is 0 Å². The molecule has 1 heterocycles. The van der Waals surface area contributed by atoms with Gasteiger partial charge in [-0.3, -0.25) is 0 Å². The highest BCUT2D eigenvalue weighted by Gasteiger charge is 2.33. The molecule has 0 saturated heterocycles. The van der Waals surface area contributed by atoms with E-state index in [4.69, 9.17) is 27.9 Å². The lowest BCUT2D eigenvalue weighted by atomic mass is 9.95. The predicted molar refractivity (Wildman–Crippen MR) is 84.8 cm³/mol. The highest BCUT2D eigenvalue weighted by atomic mass is 35.5. The molecule has 0 aliphatic carbocycles. The summed E-state index contributed by atoms with van der Waals surface area (Å²) in [5.41, 5.74) is 1.36. The van der Waals surface area contributed by atoms with E-state index in [1.807, 2.05) is 6.92 Å². The van der Waals surface area contributed by atoms with E-state index in [9.17, 15) is 9.59 Å². The number of esters is 1. The van der Waals surface area contributed by atoms with Crippen molar-refractivity contribution in [3.63, 3.8) is 0 Å². The van der Waals surface area contributed by atoms with Gasteiger partial charge in [0.25, 0.3) is 0 Å². The van der Waals surface area contributed by atoms with Gasteiger partial charge in [-0.25, -0.2) is 9.59 Å². The molecule has 1 unspecified atom stereocenters. The largest absolute Gasteiger partial charge is 0.462 e. The van der Waals surface area contributed by atoms with Gasteiger partial charge in [-0.1, -0.05) is 36.2 Å². The van der Waals surface area contributed by atoms with E-state index >= 15 is 0 Å². The molecule has 0 aromatic heterocycles. The molecule has 2 N–H and O–H groups in total. The highest BCUT2D eigenvalue weighted by Crippen LogP contribution is 2.33. The van der Waals surface area contributed by atoms with Crippen LogP contribution in [0.25, 0.3) is 0 Å². The molecule has 118 valence electrons. The number of urea groups is 1. The first-order valence-corrected chi connectivity index (χ1v) is 7.60. The molecule has 1 aromatic rings. The fourth-order valence-corrected chi connectivity index (χ4v) is 2.72. The number of allylic oxidation sites excluding steroid dienone is 1. The Labute approximate surface area is 138 Å². The van der Waals surface area contributed by atoms with Crippen LogP contribution in [0.1, 0.15) is 31.9 Å². The molecule has 5 nitrogen and oxygen atoms in total. The van der Waals surface area contributed by atoms with Gasteiger partial charge in [-0.2, -0.15) is 0 Å². The van der Waals surface area contributed by atoms with E-state index in [0.717, 1.165) is 0 Å². The zero-order chi connectivity index (χ0) is 16.3. The fourth-order valence-electron chi connectivity index (χ4n) is 2.21. The van der Waals surface area contributed by atoms with Crippen molar-refractivity contribution in [1.29, 1.82) is 0 Å². The Morgan fingerprint density at radius 2 is 2.09 bits per heavy atom. The molecule has 2 rings (SSSR count). The summed E-state index contributed by atoms with van der Waals surface area (Å²) in [6.07, 6.45) is 0.713. The Balaban J connectivity index is 2.43. The summed E-state index contributed by atoms with van der Waals surface area (Å²) < 4.78 is 5.19.